The molecule has 0 radical (unpaired) electrons. The van der Waals surface area contributed by atoms with Gasteiger partial charge in [-0.25, -0.2) is 0 Å². The molecule has 3 aromatic carbocycles. The van der Waals surface area contributed by atoms with E-state index in [9.17, 15) is 19.2 Å². The molecule has 304 valence electrons. The van der Waals surface area contributed by atoms with Gasteiger partial charge in [-0.15, -0.1) is 23.1 Å². The van der Waals surface area contributed by atoms with Crippen molar-refractivity contribution in [3.63, 3.8) is 0 Å². The number of pyridine rings is 2. The lowest BCUT2D eigenvalue weighted by Crippen LogP contribution is -2.17. The van der Waals surface area contributed by atoms with Crippen LogP contribution in [0.1, 0.15) is 48.6 Å². The molecule has 2 amide bonds. The van der Waals surface area contributed by atoms with Crippen molar-refractivity contribution in [2.24, 2.45) is 5.92 Å². The Morgan fingerprint density at radius 3 is 2.31 bits per heavy atom. The predicted octanol–water partition coefficient (Wildman–Crippen LogP) is 11.4. The van der Waals surface area contributed by atoms with Crippen molar-refractivity contribution in [2.75, 3.05) is 17.7 Å². The molecule has 0 aliphatic carbocycles. The van der Waals surface area contributed by atoms with E-state index in [0.717, 1.165) is 16.0 Å². The van der Waals surface area contributed by atoms with Crippen LogP contribution in [0.5, 0.6) is 5.75 Å². The number of furan rings is 1. The molecule has 5 heterocycles. The zero-order chi connectivity index (χ0) is 42.5. The van der Waals surface area contributed by atoms with E-state index in [-0.39, 0.29) is 53.2 Å². The fraction of sp³-hybridized carbons (Fsp3) is 0.106. The molecule has 0 spiro atoms. The Labute approximate surface area is 369 Å². The van der Waals surface area contributed by atoms with Gasteiger partial charge < -0.3 is 19.8 Å². The van der Waals surface area contributed by atoms with Crippen molar-refractivity contribution in [2.45, 2.75) is 18.1 Å². The third-order valence-electron chi connectivity index (χ3n) is 9.84. The van der Waals surface area contributed by atoms with Crippen LogP contribution in [0.4, 0.5) is 11.4 Å². The number of thiophene rings is 1. The van der Waals surface area contributed by atoms with Crippen molar-refractivity contribution < 1.29 is 28.3 Å². The second kappa shape index (κ2) is 18.5. The van der Waals surface area contributed by atoms with Gasteiger partial charge in [-0.2, -0.15) is 0 Å². The van der Waals surface area contributed by atoms with E-state index in [4.69, 9.17) is 32.4 Å². The molecule has 2 atom stereocenters. The summed E-state index contributed by atoms with van der Waals surface area (Å²) in [5.41, 5.74) is 5.14. The number of ketones is 2. The summed E-state index contributed by atoms with van der Waals surface area (Å²) in [6.07, 6.45) is 9.80. The first kappa shape index (κ1) is 41.4. The minimum Gasteiger partial charge on any atom is -0.497 e. The summed E-state index contributed by atoms with van der Waals surface area (Å²) in [5.74, 6) is -0.476. The van der Waals surface area contributed by atoms with Crippen LogP contribution >= 0.6 is 46.3 Å². The zero-order valence-electron chi connectivity index (χ0n) is 32.3. The number of hydrogen-bond acceptors (Lipinski definition) is 10. The third kappa shape index (κ3) is 9.69. The van der Waals surface area contributed by atoms with E-state index in [0.29, 0.717) is 59.2 Å². The first-order valence-electron chi connectivity index (χ1n) is 18.9. The summed E-state index contributed by atoms with van der Waals surface area (Å²) in [6.45, 7) is 0. The first-order valence-corrected chi connectivity index (χ1v) is 21.4. The number of amides is 2. The van der Waals surface area contributed by atoms with Crippen LogP contribution in [-0.4, -0.2) is 40.5 Å². The van der Waals surface area contributed by atoms with E-state index in [1.165, 1.54) is 29.4 Å². The number of Topliss-reactive ketones (excluding diaryl/α,β-unsaturated/α-hetero) is 1. The van der Waals surface area contributed by atoms with Crippen LogP contribution in [0.15, 0.2) is 150 Å². The molecule has 0 bridgehead atoms. The number of allylic oxidation sites excluding steroid dienone is 2. The molecule has 4 aromatic heterocycles. The van der Waals surface area contributed by atoms with Gasteiger partial charge in [0.25, 0.3) is 0 Å². The van der Waals surface area contributed by atoms with Crippen LogP contribution in [0.3, 0.4) is 0 Å². The lowest BCUT2D eigenvalue weighted by molar-refractivity contribution is -0.117. The van der Waals surface area contributed by atoms with Crippen LogP contribution in [-0.2, 0) is 16.0 Å². The summed E-state index contributed by atoms with van der Waals surface area (Å²) in [4.78, 5) is 64.3. The van der Waals surface area contributed by atoms with E-state index in [1.807, 2.05) is 30.3 Å². The maximum atomic E-state index is 13.8. The number of ether oxygens (including phenoxy) is 1. The monoisotopic (exact) mass is 884 g/mol. The number of thioether (sulfide) groups is 1. The average Bonchev–Trinajstić information content (AvgIpc) is 4.06. The van der Waals surface area contributed by atoms with Crippen LogP contribution in [0.2, 0.25) is 10.0 Å². The topological polar surface area (TPSA) is 140 Å². The fourth-order valence-electron chi connectivity index (χ4n) is 6.92. The molecule has 14 heteroatoms. The molecule has 8 rings (SSSR count). The number of methoxy groups -OCH3 is 1. The van der Waals surface area contributed by atoms with Gasteiger partial charge in [-0.3, -0.25) is 29.1 Å². The van der Waals surface area contributed by atoms with Gasteiger partial charge in [0.2, 0.25) is 17.6 Å². The van der Waals surface area contributed by atoms with Gasteiger partial charge in [0.1, 0.15) is 5.75 Å². The van der Waals surface area contributed by atoms with E-state index in [1.54, 1.807) is 111 Å². The molecule has 1 aliphatic heterocycles. The number of rotatable bonds is 14. The SMILES string of the molecule is COc1ccc(C(=O)C2=CC(CC(=O)Nc3cccnc3)C(c3ccc(Cl)c(-c4cncc(NC(=O)Cc5cc(C(=O)c6ccco6)sc5-c5ccc(Cl)cc5)c4)c3)S2)cc1. The van der Waals surface area contributed by atoms with Gasteiger partial charge in [0.05, 0.1) is 53.3 Å². The largest absolute Gasteiger partial charge is 0.497 e. The first-order chi connectivity index (χ1) is 29.6. The van der Waals surface area contributed by atoms with Gasteiger partial charge in [-0.1, -0.05) is 47.5 Å². The Kier molecular flexibility index (Phi) is 12.6. The van der Waals surface area contributed by atoms with Crippen LogP contribution in [0.25, 0.3) is 21.6 Å². The van der Waals surface area contributed by atoms with Crippen LogP contribution < -0.4 is 15.4 Å². The number of carbonyl (C=O) groups is 4. The number of nitrogens with zero attached hydrogens (tertiary/aromatic N) is 2. The van der Waals surface area contributed by atoms with E-state index in [2.05, 4.69) is 20.6 Å². The highest BCUT2D eigenvalue weighted by Gasteiger charge is 2.35. The maximum Gasteiger partial charge on any atom is 0.238 e. The normalized spacial score (nSPS) is 14.6. The molecular weight excluding hydrogens is 852 g/mol. The molecule has 0 saturated carbocycles. The third-order valence-corrected chi connectivity index (χ3v) is 13.1. The van der Waals surface area contributed by atoms with Crippen molar-refractivity contribution in [3.8, 4) is 27.3 Å². The quantitative estimate of drug-likeness (QED) is 0.102. The number of carbonyl (C=O) groups excluding carboxylic acids is 4. The highest BCUT2D eigenvalue weighted by atomic mass is 35.5. The summed E-state index contributed by atoms with van der Waals surface area (Å²) in [6, 6.07) is 30.0. The standard InChI is InChI=1S/C47H34Cl2N4O6S2/c1-58-36-13-8-27(9-14-36)44(56)40-20-31(23-42(54)52-34-4-2-16-50-25-34)47(60-40)29-10-15-38(49)37(19-29)32-18-35(26-51-24-32)53-43(55)22-30-21-41(45(57)39-5-3-17-59-39)61-46(30)28-6-11-33(48)12-7-28/h2-21,24-26,31,47H,22-23H2,1H3,(H,52,54)(H,53,55). The number of benzene rings is 3. The minimum absolute atomic E-state index is 0.0282. The lowest BCUT2D eigenvalue weighted by atomic mass is 9.92. The fourth-order valence-corrected chi connectivity index (χ4v) is 9.79. The summed E-state index contributed by atoms with van der Waals surface area (Å²) in [7, 11) is 1.57. The maximum absolute atomic E-state index is 13.8. The smallest absolute Gasteiger partial charge is 0.238 e. The van der Waals surface area contributed by atoms with Crippen molar-refractivity contribution in [1.82, 2.24) is 9.97 Å². The van der Waals surface area contributed by atoms with Crippen molar-refractivity contribution in [3.05, 3.63) is 183 Å². The molecule has 10 nitrogen and oxygen atoms in total. The number of nitrogens with one attached hydrogen (secondary N) is 2. The highest BCUT2D eigenvalue weighted by Crippen LogP contribution is 2.51. The van der Waals surface area contributed by atoms with Gasteiger partial charge in [-0.05, 0) is 102 Å². The van der Waals surface area contributed by atoms with Gasteiger partial charge in [0.15, 0.2) is 11.5 Å². The number of halogens is 2. The highest BCUT2D eigenvalue weighted by molar-refractivity contribution is 8.04. The predicted molar refractivity (Wildman–Crippen MR) is 241 cm³/mol. The van der Waals surface area contributed by atoms with Crippen LogP contribution in [0, 0.1) is 5.92 Å². The molecule has 0 saturated heterocycles. The lowest BCUT2D eigenvalue weighted by Gasteiger charge is -2.20. The zero-order valence-corrected chi connectivity index (χ0v) is 35.4. The molecule has 1 aliphatic rings. The van der Waals surface area contributed by atoms with Gasteiger partial charge >= 0.3 is 0 Å². The molecule has 2 N–H and O–H groups in total. The number of hydrogen-bond donors (Lipinski definition) is 2. The molecule has 0 fully saturated rings. The molecular formula is C47H34Cl2N4O6S2. The molecule has 2 unspecified atom stereocenters. The Hall–Kier alpha value is -6.31. The molecule has 61 heavy (non-hydrogen) atoms. The summed E-state index contributed by atoms with van der Waals surface area (Å²) >= 11 is 15.7. The summed E-state index contributed by atoms with van der Waals surface area (Å²) in [5, 5.41) is 6.58. The number of anilines is 2. The van der Waals surface area contributed by atoms with Crippen molar-refractivity contribution >= 4 is 81.1 Å². The van der Waals surface area contributed by atoms with Gasteiger partial charge in [0, 0.05) is 61.6 Å². The second-order valence-electron chi connectivity index (χ2n) is 14.0. The van der Waals surface area contributed by atoms with E-state index < -0.39 is 0 Å². The van der Waals surface area contributed by atoms with Crippen molar-refractivity contribution in [1.29, 1.82) is 0 Å². The second-order valence-corrected chi connectivity index (χ2v) is 17.1. The summed E-state index contributed by atoms with van der Waals surface area (Å²) < 4.78 is 10.6. The Morgan fingerprint density at radius 2 is 1.57 bits per heavy atom. The Balaban J connectivity index is 1.03. The molecule has 7 aromatic rings. The Bertz CT molecular complexity index is 2770. The minimum atomic E-state index is -0.346. The number of aromatic nitrogens is 2. The van der Waals surface area contributed by atoms with E-state index >= 15 is 0 Å². The average molecular weight is 886 g/mol. The Morgan fingerprint density at radius 1 is 0.787 bits per heavy atom.